The molecule has 1 fully saturated rings. The SMILES string of the molecule is CC[C@H](NCC1OCCO1)c1nc(C(F)(F)F)cs1. The van der Waals surface area contributed by atoms with E-state index in [0.717, 1.165) is 16.7 Å². The zero-order valence-electron chi connectivity index (χ0n) is 10.4. The van der Waals surface area contributed by atoms with Gasteiger partial charge in [-0.2, -0.15) is 13.2 Å². The lowest BCUT2D eigenvalue weighted by Gasteiger charge is -2.17. The monoisotopic (exact) mass is 296 g/mol. The number of hydrogen-bond acceptors (Lipinski definition) is 5. The van der Waals surface area contributed by atoms with Gasteiger partial charge in [-0.05, 0) is 6.42 Å². The Balaban J connectivity index is 1.94. The standard InChI is InChI=1S/C11H15F3N2O2S/c1-2-7(15-5-9-17-3-4-18-9)10-16-8(6-19-10)11(12,13)14/h6-7,9,15H,2-5H2,1H3/t7-/m0/s1. The summed E-state index contributed by atoms with van der Waals surface area (Å²) in [5.41, 5.74) is -0.832. The van der Waals surface area contributed by atoms with Gasteiger partial charge < -0.3 is 14.8 Å². The van der Waals surface area contributed by atoms with Gasteiger partial charge in [-0.1, -0.05) is 6.92 Å². The van der Waals surface area contributed by atoms with Crippen LogP contribution < -0.4 is 5.32 Å². The van der Waals surface area contributed by atoms with Gasteiger partial charge in [-0.3, -0.25) is 0 Å². The van der Waals surface area contributed by atoms with E-state index in [1.165, 1.54) is 0 Å². The molecule has 2 heterocycles. The summed E-state index contributed by atoms with van der Waals surface area (Å²) in [7, 11) is 0. The van der Waals surface area contributed by atoms with Crippen LogP contribution in [0.2, 0.25) is 0 Å². The maximum atomic E-state index is 12.5. The highest BCUT2D eigenvalue weighted by atomic mass is 32.1. The Morgan fingerprint density at radius 1 is 1.47 bits per heavy atom. The second-order valence-electron chi connectivity index (χ2n) is 4.11. The van der Waals surface area contributed by atoms with Crippen LogP contribution >= 0.6 is 11.3 Å². The van der Waals surface area contributed by atoms with Gasteiger partial charge in [0.15, 0.2) is 12.0 Å². The molecule has 1 atom stereocenters. The quantitative estimate of drug-likeness (QED) is 0.907. The Bertz CT molecular complexity index is 405. The first kappa shape index (κ1) is 14.7. The molecule has 1 saturated heterocycles. The maximum absolute atomic E-state index is 12.5. The fraction of sp³-hybridized carbons (Fsp3) is 0.727. The van der Waals surface area contributed by atoms with Crippen molar-refractivity contribution in [1.82, 2.24) is 10.3 Å². The van der Waals surface area contributed by atoms with Crippen LogP contribution in [0.25, 0.3) is 0 Å². The predicted octanol–water partition coefficient (Wildman–Crippen LogP) is 2.58. The van der Waals surface area contributed by atoms with Gasteiger partial charge in [0, 0.05) is 11.9 Å². The number of rotatable bonds is 5. The van der Waals surface area contributed by atoms with Crippen molar-refractivity contribution in [2.24, 2.45) is 0 Å². The van der Waals surface area contributed by atoms with Gasteiger partial charge in [0.1, 0.15) is 5.01 Å². The molecule has 0 amide bonds. The number of ether oxygens (including phenoxy) is 2. The first-order valence-electron chi connectivity index (χ1n) is 6.00. The Kier molecular flexibility index (Phi) is 4.77. The van der Waals surface area contributed by atoms with E-state index in [1.54, 1.807) is 0 Å². The smallest absolute Gasteiger partial charge is 0.349 e. The molecule has 0 spiro atoms. The van der Waals surface area contributed by atoms with Crippen molar-refractivity contribution in [3.05, 3.63) is 16.1 Å². The largest absolute Gasteiger partial charge is 0.434 e. The summed E-state index contributed by atoms with van der Waals surface area (Å²) >= 11 is 1.02. The predicted molar refractivity (Wildman–Crippen MR) is 63.8 cm³/mol. The zero-order chi connectivity index (χ0) is 13.9. The molecule has 19 heavy (non-hydrogen) atoms. The molecule has 1 N–H and O–H groups in total. The molecule has 108 valence electrons. The lowest BCUT2D eigenvalue weighted by Crippen LogP contribution is -2.30. The molecule has 0 radical (unpaired) electrons. The molecule has 1 aliphatic rings. The molecule has 0 aliphatic carbocycles. The number of thiazole rings is 1. The molecule has 1 aromatic heterocycles. The second kappa shape index (κ2) is 6.17. The van der Waals surface area contributed by atoms with E-state index in [1.807, 2.05) is 6.92 Å². The fourth-order valence-corrected chi connectivity index (χ4v) is 2.73. The van der Waals surface area contributed by atoms with Gasteiger partial charge in [0.2, 0.25) is 0 Å². The summed E-state index contributed by atoms with van der Waals surface area (Å²) < 4.78 is 48.0. The lowest BCUT2D eigenvalue weighted by molar-refractivity contribution is -0.140. The molecule has 0 aromatic carbocycles. The summed E-state index contributed by atoms with van der Waals surface area (Å²) in [6, 6.07) is -0.214. The van der Waals surface area contributed by atoms with Crippen molar-refractivity contribution < 1.29 is 22.6 Å². The minimum absolute atomic E-state index is 0.214. The highest BCUT2D eigenvalue weighted by molar-refractivity contribution is 7.09. The number of aromatic nitrogens is 1. The third-order valence-corrected chi connectivity index (χ3v) is 3.70. The first-order valence-corrected chi connectivity index (χ1v) is 6.88. The molecular weight excluding hydrogens is 281 g/mol. The Morgan fingerprint density at radius 2 is 2.16 bits per heavy atom. The van der Waals surface area contributed by atoms with Crippen LogP contribution in [0.3, 0.4) is 0 Å². The van der Waals surface area contributed by atoms with Gasteiger partial charge in [-0.15, -0.1) is 11.3 Å². The van der Waals surface area contributed by atoms with Crippen molar-refractivity contribution in [1.29, 1.82) is 0 Å². The van der Waals surface area contributed by atoms with Crippen LogP contribution in [-0.4, -0.2) is 31.0 Å². The van der Waals surface area contributed by atoms with Gasteiger partial charge in [0.05, 0.1) is 19.3 Å². The minimum Gasteiger partial charge on any atom is -0.349 e. The number of nitrogens with one attached hydrogen (secondary N) is 1. The Labute approximate surface area is 112 Å². The van der Waals surface area contributed by atoms with Crippen molar-refractivity contribution >= 4 is 11.3 Å². The average Bonchev–Trinajstić information content (AvgIpc) is 2.98. The molecule has 8 heteroatoms. The average molecular weight is 296 g/mol. The van der Waals surface area contributed by atoms with Crippen LogP contribution in [-0.2, 0) is 15.7 Å². The molecule has 2 rings (SSSR count). The number of hydrogen-bond donors (Lipinski definition) is 1. The van der Waals surface area contributed by atoms with Gasteiger partial charge >= 0.3 is 6.18 Å². The van der Waals surface area contributed by atoms with E-state index in [2.05, 4.69) is 10.3 Å². The maximum Gasteiger partial charge on any atom is 0.434 e. The third kappa shape index (κ3) is 3.88. The van der Waals surface area contributed by atoms with E-state index < -0.39 is 11.9 Å². The Morgan fingerprint density at radius 3 is 2.68 bits per heavy atom. The molecule has 4 nitrogen and oxygen atoms in total. The highest BCUT2D eigenvalue weighted by Crippen LogP contribution is 2.32. The van der Waals surface area contributed by atoms with Crippen LogP contribution in [0.1, 0.15) is 30.1 Å². The van der Waals surface area contributed by atoms with Crippen LogP contribution in [0.5, 0.6) is 0 Å². The van der Waals surface area contributed by atoms with Crippen molar-refractivity contribution in [3.63, 3.8) is 0 Å². The Hall–Kier alpha value is -0.700. The minimum atomic E-state index is -4.38. The molecule has 1 aromatic rings. The fourth-order valence-electron chi connectivity index (χ4n) is 1.75. The molecule has 0 saturated carbocycles. The van der Waals surface area contributed by atoms with Crippen LogP contribution in [0.4, 0.5) is 13.2 Å². The van der Waals surface area contributed by atoms with E-state index >= 15 is 0 Å². The first-order chi connectivity index (χ1) is 9.00. The molecule has 0 bridgehead atoms. The van der Waals surface area contributed by atoms with Gasteiger partial charge in [-0.25, -0.2) is 4.98 Å². The lowest BCUT2D eigenvalue weighted by atomic mass is 10.2. The number of nitrogens with zero attached hydrogens (tertiary/aromatic N) is 1. The topological polar surface area (TPSA) is 43.4 Å². The number of alkyl halides is 3. The van der Waals surface area contributed by atoms with Gasteiger partial charge in [0.25, 0.3) is 0 Å². The van der Waals surface area contributed by atoms with Crippen molar-refractivity contribution in [2.45, 2.75) is 31.9 Å². The summed E-state index contributed by atoms with van der Waals surface area (Å²) in [6.07, 6.45) is -4.06. The summed E-state index contributed by atoms with van der Waals surface area (Å²) in [5, 5.41) is 4.60. The zero-order valence-corrected chi connectivity index (χ0v) is 11.2. The van der Waals surface area contributed by atoms with E-state index in [-0.39, 0.29) is 12.3 Å². The summed E-state index contributed by atoms with van der Waals surface area (Å²) in [6.45, 7) is 3.44. The van der Waals surface area contributed by atoms with E-state index in [0.29, 0.717) is 31.2 Å². The molecular formula is C11H15F3N2O2S. The van der Waals surface area contributed by atoms with Crippen LogP contribution in [0.15, 0.2) is 5.38 Å². The highest BCUT2D eigenvalue weighted by Gasteiger charge is 2.34. The molecule has 0 unspecified atom stereocenters. The summed E-state index contributed by atoms with van der Waals surface area (Å²) in [4.78, 5) is 3.65. The normalized spacial score (nSPS) is 18.9. The number of halogens is 3. The molecule has 1 aliphatic heterocycles. The second-order valence-corrected chi connectivity index (χ2v) is 5.00. The van der Waals surface area contributed by atoms with Crippen molar-refractivity contribution in [3.8, 4) is 0 Å². The van der Waals surface area contributed by atoms with E-state index in [4.69, 9.17) is 9.47 Å². The summed E-state index contributed by atoms with van der Waals surface area (Å²) in [5.74, 6) is 0. The van der Waals surface area contributed by atoms with Crippen LogP contribution in [0, 0.1) is 0 Å². The van der Waals surface area contributed by atoms with E-state index in [9.17, 15) is 13.2 Å². The third-order valence-electron chi connectivity index (χ3n) is 2.74. The van der Waals surface area contributed by atoms with Crippen molar-refractivity contribution in [2.75, 3.05) is 19.8 Å².